The predicted octanol–water partition coefficient (Wildman–Crippen LogP) is 4.76. The molecule has 1 radical (unpaired) electrons. The van der Waals surface area contributed by atoms with E-state index in [1.54, 1.807) is 13.3 Å². The fourth-order valence-corrected chi connectivity index (χ4v) is 2.72. The lowest BCUT2D eigenvalue weighted by Gasteiger charge is -2.28. The Labute approximate surface area is 141 Å². The average molecular weight is 326 g/mol. The molecule has 1 aromatic carbocycles. The molecule has 0 atom stereocenters. The van der Waals surface area contributed by atoms with Crippen molar-refractivity contribution in [3.8, 4) is 0 Å². The molecule has 117 valence electrons. The summed E-state index contributed by atoms with van der Waals surface area (Å²) in [5, 5.41) is 0.720. The lowest BCUT2D eigenvalue weighted by atomic mass is 10.1. The van der Waals surface area contributed by atoms with E-state index in [0.717, 1.165) is 34.2 Å². The number of hydrogen-bond donors (Lipinski definition) is 0. The van der Waals surface area contributed by atoms with E-state index in [0.29, 0.717) is 6.54 Å². The summed E-state index contributed by atoms with van der Waals surface area (Å²) in [6.07, 6.45) is 10.8. The molecule has 1 aromatic heterocycles. The molecule has 2 aromatic rings. The molecular formula is C19H18ClN2O. The Hall–Kier alpha value is -2.26. The molecule has 0 aliphatic heterocycles. The van der Waals surface area contributed by atoms with Crippen molar-refractivity contribution in [1.82, 2.24) is 4.98 Å². The molecule has 0 N–H and O–H groups in total. The number of anilines is 1. The second-order valence-corrected chi connectivity index (χ2v) is 5.68. The van der Waals surface area contributed by atoms with Crippen LogP contribution in [-0.2, 0) is 11.3 Å². The van der Waals surface area contributed by atoms with Gasteiger partial charge in [-0.2, -0.15) is 0 Å². The zero-order valence-electron chi connectivity index (χ0n) is 12.9. The van der Waals surface area contributed by atoms with Gasteiger partial charge in [-0.25, -0.2) is 0 Å². The van der Waals surface area contributed by atoms with E-state index in [1.165, 1.54) is 0 Å². The Balaban J connectivity index is 1.96. The maximum absolute atomic E-state index is 6.18. The van der Waals surface area contributed by atoms with Crippen molar-refractivity contribution < 1.29 is 4.74 Å². The van der Waals surface area contributed by atoms with Crippen molar-refractivity contribution in [1.29, 1.82) is 0 Å². The fraction of sp³-hybridized carbons (Fsp3) is 0.158. The van der Waals surface area contributed by atoms with Crippen LogP contribution in [0.1, 0.15) is 12.0 Å². The number of pyridine rings is 1. The van der Waals surface area contributed by atoms with Crippen LogP contribution in [0.4, 0.5) is 5.69 Å². The highest BCUT2D eigenvalue weighted by molar-refractivity contribution is 6.30. The Morgan fingerprint density at radius 2 is 2.17 bits per heavy atom. The molecule has 3 nitrogen and oxygen atoms in total. The minimum absolute atomic E-state index is 0.716. The van der Waals surface area contributed by atoms with Crippen LogP contribution < -0.4 is 4.90 Å². The van der Waals surface area contributed by atoms with Crippen molar-refractivity contribution in [2.75, 3.05) is 12.0 Å². The molecule has 0 saturated carbocycles. The van der Waals surface area contributed by atoms with Crippen molar-refractivity contribution in [2.24, 2.45) is 0 Å². The number of halogens is 1. The Morgan fingerprint density at radius 1 is 1.26 bits per heavy atom. The van der Waals surface area contributed by atoms with Crippen molar-refractivity contribution in [2.45, 2.75) is 13.0 Å². The van der Waals surface area contributed by atoms with Crippen LogP contribution in [0.2, 0.25) is 5.02 Å². The van der Waals surface area contributed by atoms with Crippen LogP contribution >= 0.6 is 11.6 Å². The zero-order chi connectivity index (χ0) is 16.1. The maximum atomic E-state index is 6.18. The highest BCUT2D eigenvalue weighted by atomic mass is 35.5. The highest BCUT2D eigenvalue weighted by Crippen LogP contribution is 2.29. The third kappa shape index (κ3) is 3.93. The van der Waals surface area contributed by atoms with Crippen molar-refractivity contribution in [3.63, 3.8) is 0 Å². The molecule has 0 amide bonds. The van der Waals surface area contributed by atoms with E-state index >= 15 is 0 Å². The van der Waals surface area contributed by atoms with Crippen LogP contribution in [0.3, 0.4) is 0 Å². The van der Waals surface area contributed by atoms with Gasteiger partial charge in [-0.05, 0) is 42.3 Å². The molecule has 0 bridgehead atoms. The van der Waals surface area contributed by atoms with Crippen LogP contribution in [0.15, 0.2) is 72.4 Å². The van der Waals surface area contributed by atoms with Gasteiger partial charge in [0.15, 0.2) is 0 Å². The van der Waals surface area contributed by atoms with Crippen LogP contribution in [0.25, 0.3) is 0 Å². The Kier molecular flexibility index (Phi) is 4.99. The normalized spacial score (nSPS) is 14.0. The minimum Gasteiger partial charge on any atom is -0.501 e. The first-order chi connectivity index (χ1) is 11.3. The van der Waals surface area contributed by atoms with Crippen molar-refractivity contribution >= 4 is 17.3 Å². The molecule has 0 fully saturated rings. The number of nitrogens with zero attached hydrogens (tertiary/aromatic N) is 2. The monoisotopic (exact) mass is 325 g/mol. The number of aromatic nitrogens is 1. The van der Waals surface area contributed by atoms with Gasteiger partial charge in [0.05, 0.1) is 7.11 Å². The molecule has 23 heavy (non-hydrogen) atoms. The lowest BCUT2D eigenvalue weighted by molar-refractivity contribution is 0.296. The summed E-state index contributed by atoms with van der Waals surface area (Å²) >= 11 is 6.18. The maximum Gasteiger partial charge on any atom is 0.102 e. The molecule has 1 heterocycles. The molecular weight excluding hydrogens is 308 g/mol. The topological polar surface area (TPSA) is 25.4 Å². The first kappa shape index (κ1) is 15.6. The molecule has 1 aliphatic carbocycles. The summed E-state index contributed by atoms with van der Waals surface area (Å²) in [6, 6.07) is 11.9. The quantitative estimate of drug-likeness (QED) is 0.792. The molecule has 0 unspecified atom stereocenters. The van der Waals surface area contributed by atoms with Gasteiger partial charge >= 0.3 is 0 Å². The van der Waals surface area contributed by atoms with E-state index in [-0.39, 0.29) is 0 Å². The lowest BCUT2D eigenvalue weighted by Crippen LogP contribution is -2.22. The molecule has 3 rings (SSSR count). The first-order valence-corrected chi connectivity index (χ1v) is 7.85. The standard InChI is InChI=1S/C19H18ClN2O/c1-23-19-9-3-8-18(12-19)22(14-15-5-4-10-21-13-15)17-7-2-6-16(20)11-17/h2,4-13H,3,14H2,1H3. The molecule has 0 spiro atoms. The van der Waals surface area contributed by atoms with Crippen LogP contribution in [-0.4, -0.2) is 12.1 Å². The number of benzene rings is 1. The predicted molar refractivity (Wildman–Crippen MR) is 94.0 cm³/mol. The third-order valence-electron chi connectivity index (χ3n) is 3.67. The van der Waals surface area contributed by atoms with E-state index in [9.17, 15) is 0 Å². The Bertz CT molecular complexity index is 725. The summed E-state index contributed by atoms with van der Waals surface area (Å²) in [7, 11) is 1.69. The van der Waals surface area contributed by atoms with E-state index in [1.807, 2.05) is 36.5 Å². The van der Waals surface area contributed by atoms with Crippen LogP contribution in [0.5, 0.6) is 0 Å². The number of ether oxygens (including phenoxy) is 1. The highest BCUT2D eigenvalue weighted by Gasteiger charge is 2.16. The van der Waals surface area contributed by atoms with E-state index in [4.69, 9.17) is 16.3 Å². The van der Waals surface area contributed by atoms with Gasteiger partial charge in [-0.3, -0.25) is 4.98 Å². The summed E-state index contributed by atoms with van der Waals surface area (Å²) < 4.78 is 5.38. The number of hydrogen-bond acceptors (Lipinski definition) is 3. The summed E-state index contributed by atoms with van der Waals surface area (Å²) in [5.74, 6) is 0.876. The summed E-state index contributed by atoms with van der Waals surface area (Å²) in [6.45, 7) is 0.716. The second-order valence-electron chi connectivity index (χ2n) is 5.25. The summed E-state index contributed by atoms with van der Waals surface area (Å²) in [5.41, 5.74) is 3.27. The van der Waals surface area contributed by atoms with Crippen LogP contribution in [0, 0.1) is 6.42 Å². The number of allylic oxidation sites excluding steroid dienone is 3. The van der Waals surface area contributed by atoms with Gasteiger partial charge in [-0.15, -0.1) is 0 Å². The van der Waals surface area contributed by atoms with Gasteiger partial charge in [-0.1, -0.05) is 29.8 Å². The second kappa shape index (κ2) is 7.34. The van der Waals surface area contributed by atoms with Gasteiger partial charge in [0.1, 0.15) is 5.76 Å². The average Bonchev–Trinajstić information content (AvgIpc) is 2.60. The third-order valence-corrected chi connectivity index (χ3v) is 3.90. The van der Waals surface area contributed by atoms with Gasteiger partial charge < -0.3 is 9.64 Å². The number of rotatable bonds is 5. The summed E-state index contributed by atoms with van der Waals surface area (Å²) in [4.78, 5) is 6.42. The Morgan fingerprint density at radius 3 is 2.91 bits per heavy atom. The van der Waals surface area contributed by atoms with Gasteiger partial charge in [0.2, 0.25) is 0 Å². The fourth-order valence-electron chi connectivity index (χ4n) is 2.54. The van der Waals surface area contributed by atoms with E-state index < -0.39 is 0 Å². The molecule has 1 aliphatic rings. The minimum atomic E-state index is 0.716. The smallest absolute Gasteiger partial charge is 0.102 e. The van der Waals surface area contributed by atoms with Gasteiger partial charge in [0, 0.05) is 41.8 Å². The van der Waals surface area contributed by atoms with E-state index in [2.05, 4.69) is 34.5 Å². The SMILES string of the molecule is COC1=CC(N(Cc2cccnc2)c2cccc(Cl)c2)=CC[CH]1. The number of methoxy groups -OCH3 is 1. The molecule has 0 saturated heterocycles. The van der Waals surface area contributed by atoms with Gasteiger partial charge in [0.25, 0.3) is 0 Å². The molecule has 4 heteroatoms. The zero-order valence-corrected chi connectivity index (χ0v) is 13.7. The largest absolute Gasteiger partial charge is 0.501 e. The first-order valence-electron chi connectivity index (χ1n) is 7.47. The van der Waals surface area contributed by atoms with Crippen molar-refractivity contribution in [3.05, 3.63) is 89.4 Å².